The molecule has 0 aliphatic carbocycles. The molecule has 0 amide bonds. The van der Waals surface area contributed by atoms with E-state index in [4.69, 9.17) is 55.9 Å². The van der Waals surface area contributed by atoms with Crippen LogP contribution in [-0.4, -0.2) is 12.4 Å². The fraction of sp³-hybridized carbons (Fsp3) is 0.167. The van der Waals surface area contributed by atoms with Crippen molar-refractivity contribution in [1.82, 2.24) is 0 Å². The number of ether oxygens (including phenoxy) is 2. The van der Waals surface area contributed by atoms with Crippen LogP contribution in [0.1, 0.15) is 22.8 Å². The molecule has 2 aromatic rings. The van der Waals surface area contributed by atoms with E-state index in [-0.39, 0.29) is 23.5 Å². The lowest BCUT2D eigenvalue weighted by Crippen LogP contribution is -1.99. The molecule has 0 aromatic heterocycles. The molecule has 0 atom stereocenters. The summed E-state index contributed by atoms with van der Waals surface area (Å²) in [6.45, 7) is 1.98. The zero-order valence-corrected chi connectivity index (χ0v) is 16.2. The second-order valence-corrected chi connectivity index (χ2v) is 6.88. The van der Waals surface area contributed by atoms with Crippen molar-refractivity contribution in [1.29, 1.82) is 0 Å². The standard InChI is InChI=1S/C18H14Cl4O3/c1-11(23)13-4-2-12(3-5-13)10-25-18-15(19)8-14(9-16(18)20)24-7-6-17(21)22/h2-6,8-9H,7,10H2,1H3. The van der Waals surface area contributed by atoms with Crippen molar-refractivity contribution in [3.05, 3.63) is 68.1 Å². The lowest BCUT2D eigenvalue weighted by Gasteiger charge is -2.12. The first-order valence-corrected chi connectivity index (χ1v) is 8.73. The minimum Gasteiger partial charge on any atom is -0.489 e. The smallest absolute Gasteiger partial charge is 0.159 e. The van der Waals surface area contributed by atoms with Crippen molar-refractivity contribution in [3.63, 3.8) is 0 Å². The maximum atomic E-state index is 11.3. The normalized spacial score (nSPS) is 10.3. The van der Waals surface area contributed by atoms with Crippen LogP contribution in [0.2, 0.25) is 10.0 Å². The summed E-state index contributed by atoms with van der Waals surface area (Å²) >= 11 is 23.4. The fourth-order valence-corrected chi connectivity index (χ4v) is 2.65. The number of ketones is 1. The van der Waals surface area contributed by atoms with Crippen molar-refractivity contribution in [2.45, 2.75) is 13.5 Å². The number of halogens is 4. The number of hydrogen-bond acceptors (Lipinski definition) is 3. The van der Waals surface area contributed by atoms with E-state index < -0.39 is 0 Å². The van der Waals surface area contributed by atoms with E-state index in [0.717, 1.165) is 5.56 Å². The molecule has 0 unspecified atom stereocenters. The molecule has 2 aromatic carbocycles. The van der Waals surface area contributed by atoms with Crippen molar-refractivity contribution >= 4 is 52.2 Å². The Balaban J connectivity index is 2.04. The minimum absolute atomic E-state index is 0.0134. The van der Waals surface area contributed by atoms with Gasteiger partial charge in [-0.1, -0.05) is 70.7 Å². The third-order valence-corrected chi connectivity index (χ3v) is 4.07. The predicted molar refractivity (Wildman–Crippen MR) is 103 cm³/mol. The van der Waals surface area contributed by atoms with Gasteiger partial charge in [0.25, 0.3) is 0 Å². The summed E-state index contributed by atoms with van der Waals surface area (Å²) in [6, 6.07) is 10.3. The molecule has 3 nitrogen and oxygen atoms in total. The lowest BCUT2D eigenvalue weighted by molar-refractivity contribution is 0.101. The van der Waals surface area contributed by atoms with Crippen LogP contribution in [0.25, 0.3) is 0 Å². The molecule has 0 bridgehead atoms. The lowest BCUT2D eigenvalue weighted by atomic mass is 10.1. The summed E-state index contributed by atoms with van der Waals surface area (Å²) in [5, 5.41) is 0.646. The highest BCUT2D eigenvalue weighted by Gasteiger charge is 2.11. The van der Waals surface area contributed by atoms with Crippen molar-refractivity contribution in [3.8, 4) is 11.5 Å². The average Bonchev–Trinajstić information content (AvgIpc) is 2.54. The van der Waals surface area contributed by atoms with Crippen LogP contribution in [0.4, 0.5) is 0 Å². The number of benzene rings is 2. The summed E-state index contributed by atoms with van der Waals surface area (Å²) < 4.78 is 11.2. The van der Waals surface area contributed by atoms with Crippen LogP contribution >= 0.6 is 46.4 Å². The molecule has 0 radical (unpaired) electrons. The van der Waals surface area contributed by atoms with Crippen molar-refractivity contribution in [2.24, 2.45) is 0 Å². The average molecular weight is 420 g/mol. The van der Waals surface area contributed by atoms with Crippen LogP contribution in [0.15, 0.2) is 47.0 Å². The Bertz CT molecular complexity index is 758. The largest absolute Gasteiger partial charge is 0.489 e. The van der Waals surface area contributed by atoms with E-state index in [2.05, 4.69) is 0 Å². The second kappa shape index (κ2) is 9.35. The van der Waals surface area contributed by atoms with E-state index in [1.807, 2.05) is 12.1 Å². The van der Waals surface area contributed by atoms with E-state index in [0.29, 0.717) is 27.1 Å². The van der Waals surface area contributed by atoms with Crippen LogP contribution < -0.4 is 9.47 Å². The van der Waals surface area contributed by atoms with Crippen LogP contribution in [0.5, 0.6) is 11.5 Å². The number of rotatable bonds is 7. The molecule has 132 valence electrons. The molecule has 2 rings (SSSR count). The van der Waals surface area contributed by atoms with Crippen molar-refractivity contribution in [2.75, 3.05) is 6.61 Å². The Kier molecular flexibility index (Phi) is 7.45. The molecule has 0 fully saturated rings. The Morgan fingerprint density at radius 2 is 1.64 bits per heavy atom. The molecule has 7 heteroatoms. The minimum atomic E-state index is 0.0134. The number of hydrogen-bond donors (Lipinski definition) is 0. The zero-order chi connectivity index (χ0) is 18.4. The molecule has 0 saturated carbocycles. The van der Waals surface area contributed by atoms with Gasteiger partial charge in [0.2, 0.25) is 0 Å². The van der Waals surface area contributed by atoms with Crippen molar-refractivity contribution < 1.29 is 14.3 Å². The van der Waals surface area contributed by atoms with Gasteiger partial charge in [-0.2, -0.15) is 0 Å². The number of carbonyl (C=O) groups is 1. The maximum Gasteiger partial charge on any atom is 0.159 e. The van der Waals surface area contributed by atoms with Gasteiger partial charge in [-0.15, -0.1) is 0 Å². The third-order valence-electron chi connectivity index (χ3n) is 3.20. The molecule has 0 spiro atoms. The molecular formula is C18H14Cl4O3. The van der Waals surface area contributed by atoms with Gasteiger partial charge in [0.05, 0.1) is 10.0 Å². The fourth-order valence-electron chi connectivity index (χ4n) is 1.95. The van der Waals surface area contributed by atoms with Crippen LogP contribution in [-0.2, 0) is 6.61 Å². The number of carbonyl (C=O) groups excluding carboxylic acids is 1. The maximum absolute atomic E-state index is 11.3. The molecule has 0 N–H and O–H groups in total. The summed E-state index contributed by atoms with van der Waals surface area (Å²) in [5.41, 5.74) is 1.53. The van der Waals surface area contributed by atoms with Gasteiger partial charge in [-0.3, -0.25) is 4.79 Å². The SMILES string of the molecule is CC(=O)c1ccc(COc2c(Cl)cc(OCC=C(Cl)Cl)cc2Cl)cc1. The van der Waals surface area contributed by atoms with Gasteiger partial charge >= 0.3 is 0 Å². The van der Waals surface area contributed by atoms with Gasteiger partial charge in [0.15, 0.2) is 11.5 Å². The molecule has 0 aliphatic heterocycles. The van der Waals surface area contributed by atoms with Gasteiger partial charge in [0.1, 0.15) is 23.5 Å². The molecule has 0 aliphatic rings. The summed E-state index contributed by atoms with van der Waals surface area (Å²) in [5.74, 6) is 0.843. The summed E-state index contributed by atoms with van der Waals surface area (Å²) in [4.78, 5) is 11.3. The van der Waals surface area contributed by atoms with Gasteiger partial charge in [-0.05, 0) is 18.6 Å². The Hall–Kier alpha value is -1.39. The zero-order valence-electron chi connectivity index (χ0n) is 13.2. The topological polar surface area (TPSA) is 35.5 Å². The summed E-state index contributed by atoms with van der Waals surface area (Å²) in [6.07, 6.45) is 1.50. The Labute approximate surface area is 166 Å². The van der Waals surface area contributed by atoms with Gasteiger partial charge < -0.3 is 9.47 Å². The Morgan fingerprint density at radius 3 is 2.16 bits per heavy atom. The molecule has 0 saturated heterocycles. The Morgan fingerprint density at radius 1 is 1.04 bits per heavy atom. The first-order chi connectivity index (χ1) is 11.9. The molecular weight excluding hydrogens is 406 g/mol. The number of Topliss-reactive ketones (excluding diaryl/α,β-unsaturated/α-hetero) is 1. The van der Waals surface area contributed by atoms with Crippen LogP contribution in [0, 0.1) is 0 Å². The second-order valence-electron chi connectivity index (χ2n) is 5.06. The first kappa shape index (κ1) is 19.9. The first-order valence-electron chi connectivity index (χ1n) is 7.22. The highest BCUT2D eigenvalue weighted by Crippen LogP contribution is 2.37. The quantitative estimate of drug-likeness (QED) is 0.482. The van der Waals surface area contributed by atoms with E-state index in [1.54, 1.807) is 24.3 Å². The highest BCUT2D eigenvalue weighted by atomic mass is 35.5. The van der Waals surface area contributed by atoms with Gasteiger partial charge in [0, 0.05) is 17.7 Å². The highest BCUT2D eigenvalue weighted by molar-refractivity contribution is 6.55. The monoisotopic (exact) mass is 418 g/mol. The molecule has 0 heterocycles. The summed E-state index contributed by atoms with van der Waals surface area (Å²) in [7, 11) is 0. The van der Waals surface area contributed by atoms with E-state index in [9.17, 15) is 4.79 Å². The van der Waals surface area contributed by atoms with E-state index in [1.165, 1.54) is 13.0 Å². The predicted octanol–water partition coefficient (Wildman–Crippen LogP) is 6.47. The molecule has 25 heavy (non-hydrogen) atoms. The third kappa shape index (κ3) is 6.12. The van der Waals surface area contributed by atoms with E-state index >= 15 is 0 Å². The van der Waals surface area contributed by atoms with Crippen LogP contribution in [0.3, 0.4) is 0 Å². The van der Waals surface area contributed by atoms with Gasteiger partial charge in [-0.25, -0.2) is 0 Å².